The molecule has 3 N–H and O–H groups in total. The third kappa shape index (κ3) is 70.2. The number of esters is 4. The topological polar surface area (TPSA) is 237 Å². The highest BCUT2D eigenvalue weighted by atomic mass is 31.2. The molecule has 8 atom stereocenters. The predicted molar refractivity (Wildman–Crippen MR) is 404 cm³/mol. The number of hydrogen-bond acceptors (Lipinski definition) is 15. The molecule has 0 rings (SSSR count). The van der Waals surface area contributed by atoms with E-state index in [0.717, 1.165) is 126 Å². The van der Waals surface area contributed by atoms with Crippen molar-refractivity contribution >= 4 is 39.5 Å². The van der Waals surface area contributed by atoms with Crippen molar-refractivity contribution in [2.24, 2.45) is 23.7 Å². The second kappa shape index (κ2) is 69.1. The summed E-state index contributed by atoms with van der Waals surface area (Å²) in [5.41, 5.74) is 0. The average molecular weight is 1450 g/mol. The number of ether oxygens (including phenoxy) is 4. The lowest BCUT2D eigenvalue weighted by atomic mass is 9.99. The van der Waals surface area contributed by atoms with E-state index in [9.17, 15) is 43.2 Å². The lowest BCUT2D eigenvalue weighted by Crippen LogP contribution is -2.30. The highest BCUT2D eigenvalue weighted by Crippen LogP contribution is 2.45. The number of aliphatic hydroxyl groups is 1. The van der Waals surface area contributed by atoms with E-state index in [4.69, 9.17) is 37.0 Å². The highest BCUT2D eigenvalue weighted by Gasteiger charge is 2.30. The predicted octanol–water partition coefficient (Wildman–Crippen LogP) is 23.6. The molecule has 0 aromatic heterocycles. The lowest BCUT2D eigenvalue weighted by molar-refractivity contribution is -0.161. The van der Waals surface area contributed by atoms with E-state index in [1.807, 2.05) is 0 Å². The Bertz CT molecular complexity index is 1940. The molecule has 99 heavy (non-hydrogen) atoms. The molecule has 5 unspecified atom stereocenters. The normalized spacial score (nSPS) is 14.9. The molecule has 0 aromatic carbocycles. The molecule has 0 aromatic rings. The van der Waals surface area contributed by atoms with Gasteiger partial charge in [-0.05, 0) is 49.4 Å². The minimum Gasteiger partial charge on any atom is -0.462 e. The quantitative estimate of drug-likeness (QED) is 0.0222. The van der Waals surface area contributed by atoms with Crippen molar-refractivity contribution in [3.8, 4) is 0 Å². The fourth-order valence-electron chi connectivity index (χ4n) is 12.2. The van der Waals surface area contributed by atoms with Crippen LogP contribution in [0.3, 0.4) is 0 Å². The summed E-state index contributed by atoms with van der Waals surface area (Å²) in [5.74, 6) is 1.01. The van der Waals surface area contributed by atoms with Crippen LogP contribution in [0.5, 0.6) is 0 Å². The maximum absolute atomic E-state index is 13.1. The number of carbonyl (C=O) groups excluding carboxylic acids is 4. The van der Waals surface area contributed by atoms with Crippen molar-refractivity contribution < 1.29 is 80.2 Å². The van der Waals surface area contributed by atoms with Crippen LogP contribution in [0.25, 0.3) is 0 Å². The molecule has 0 aliphatic rings. The Balaban J connectivity index is 5.18. The minimum atomic E-state index is -4.96. The van der Waals surface area contributed by atoms with E-state index >= 15 is 0 Å². The molecule has 0 aliphatic carbocycles. The van der Waals surface area contributed by atoms with Gasteiger partial charge in [0.15, 0.2) is 12.2 Å². The van der Waals surface area contributed by atoms with Crippen LogP contribution in [0.2, 0.25) is 0 Å². The first kappa shape index (κ1) is 97.1. The minimum absolute atomic E-state index is 0.106. The summed E-state index contributed by atoms with van der Waals surface area (Å²) in [6.07, 6.45) is 55.6. The summed E-state index contributed by atoms with van der Waals surface area (Å²) in [7, 11) is -9.92. The van der Waals surface area contributed by atoms with Gasteiger partial charge < -0.3 is 33.8 Å². The Kier molecular flexibility index (Phi) is 67.8. The van der Waals surface area contributed by atoms with Crippen LogP contribution in [0.1, 0.15) is 409 Å². The fourth-order valence-corrected chi connectivity index (χ4v) is 13.7. The molecule has 0 bridgehead atoms. The molecule has 0 heterocycles. The molecule has 0 spiro atoms. The van der Waals surface area contributed by atoms with Gasteiger partial charge in [-0.25, -0.2) is 9.13 Å². The van der Waals surface area contributed by atoms with Gasteiger partial charge in [0.2, 0.25) is 0 Å². The zero-order valence-electron chi connectivity index (χ0n) is 65.1. The molecule has 0 saturated carbocycles. The Labute approximate surface area is 607 Å². The van der Waals surface area contributed by atoms with E-state index < -0.39 is 97.5 Å². The van der Waals surface area contributed by atoms with Gasteiger partial charge in [0.05, 0.1) is 26.4 Å². The number of hydrogen-bond donors (Lipinski definition) is 3. The molecule has 0 radical (unpaired) electrons. The van der Waals surface area contributed by atoms with E-state index in [0.29, 0.717) is 25.7 Å². The van der Waals surface area contributed by atoms with Crippen LogP contribution in [-0.2, 0) is 65.4 Å². The first-order valence-electron chi connectivity index (χ1n) is 41.3. The second-order valence-electron chi connectivity index (χ2n) is 30.0. The number of phosphoric ester groups is 2. The first-order chi connectivity index (χ1) is 47.7. The molecular weight excluding hydrogens is 1290 g/mol. The third-order valence-electron chi connectivity index (χ3n) is 19.7. The molecular formula is C80H156O17P2. The highest BCUT2D eigenvalue weighted by molar-refractivity contribution is 7.47. The van der Waals surface area contributed by atoms with Gasteiger partial charge in [0, 0.05) is 25.7 Å². The molecule has 0 fully saturated rings. The summed E-state index contributed by atoms with van der Waals surface area (Å²) in [6.45, 7) is 14.2. The van der Waals surface area contributed by atoms with E-state index in [1.165, 1.54) is 199 Å². The van der Waals surface area contributed by atoms with Gasteiger partial charge >= 0.3 is 39.5 Å². The van der Waals surface area contributed by atoms with Gasteiger partial charge in [-0.1, -0.05) is 357 Å². The van der Waals surface area contributed by atoms with Gasteiger partial charge in [0.25, 0.3) is 0 Å². The number of rotatable bonds is 77. The molecule has 0 saturated heterocycles. The Morgan fingerprint density at radius 3 is 0.717 bits per heavy atom. The van der Waals surface area contributed by atoms with E-state index in [2.05, 4.69) is 55.4 Å². The van der Waals surface area contributed by atoms with E-state index in [1.54, 1.807) is 0 Å². The second-order valence-corrected chi connectivity index (χ2v) is 32.9. The van der Waals surface area contributed by atoms with Crippen LogP contribution in [0.4, 0.5) is 0 Å². The van der Waals surface area contributed by atoms with Crippen molar-refractivity contribution in [3.63, 3.8) is 0 Å². The number of unbranched alkanes of at least 4 members (excludes halogenated alkanes) is 40. The van der Waals surface area contributed by atoms with Crippen LogP contribution in [-0.4, -0.2) is 96.7 Å². The Hall–Kier alpha value is -1.94. The summed E-state index contributed by atoms with van der Waals surface area (Å²) >= 11 is 0. The van der Waals surface area contributed by atoms with Crippen molar-refractivity contribution in [1.29, 1.82) is 0 Å². The van der Waals surface area contributed by atoms with Crippen LogP contribution < -0.4 is 0 Å². The number of carbonyl (C=O) groups is 4. The van der Waals surface area contributed by atoms with Gasteiger partial charge in [0.1, 0.15) is 19.3 Å². The fraction of sp³-hybridized carbons (Fsp3) is 0.950. The molecule has 0 aliphatic heterocycles. The van der Waals surface area contributed by atoms with Crippen molar-refractivity contribution in [2.75, 3.05) is 39.6 Å². The lowest BCUT2D eigenvalue weighted by Gasteiger charge is -2.21. The van der Waals surface area contributed by atoms with Gasteiger partial charge in [-0.2, -0.15) is 0 Å². The average Bonchev–Trinajstić information content (AvgIpc) is 2.34. The van der Waals surface area contributed by atoms with Crippen molar-refractivity contribution in [1.82, 2.24) is 0 Å². The van der Waals surface area contributed by atoms with Crippen molar-refractivity contribution in [3.05, 3.63) is 0 Å². The molecule has 588 valence electrons. The molecule has 17 nitrogen and oxygen atoms in total. The maximum Gasteiger partial charge on any atom is 0.472 e. The van der Waals surface area contributed by atoms with E-state index in [-0.39, 0.29) is 25.7 Å². The molecule has 0 amide bonds. The van der Waals surface area contributed by atoms with Crippen LogP contribution in [0, 0.1) is 23.7 Å². The number of phosphoric acid groups is 2. The van der Waals surface area contributed by atoms with Crippen molar-refractivity contribution in [2.45, 2.75) is 427 Å². The Morgan fingerprint density at radius 1 is 0.283 bits per heavy atom. The Morgan fingerprint density at radius 2 is 0.485 bits per heavy atom. The monoisotopic (exact) mass is 1450 g/mol. The third-order valence-corrected chi connectivity index (χ3v) is 21.6. The van der Waals surface area contributed by atoms with Crippen LogP contribution >= 0.6 is 15.6 Å². The standard InChI is InChI=1S/C80H156O17P2/c1-9-71(6)57-49-41-33-29-25-21-18-19-23-27-31-35-47-55-63-80(85)97-76(67-91-78(83)61-53-45-39-37-43-51-59-73(8)11-3)69-95-99(88,89)93-65-74(81)64-92-98(86,87)94-68-75(66-90-77(82)60-52-44-38-36-42-50-58-72(7)10-2)96-79(84)62-54-46-34-30-26-22-17-15-13-12-14-16-20-24-28-32-40-48-56-70(4)5/h70-76,81H,9-69H2,1-8H3,(H,86,87)(H,88,89)/t71?,72?,73?,74-,75-,76-/m1/s1. The molecule has 19 heteroatoms. The number of aliphatic hydroxyl groups excluding tert-OH is 1. The summed E-state index contributed by atoms with van der Waals surface area (Å²) < 4.78 is 68.6. The van der Waals surface area contributed by atoms with Gasteiger partial charge in [-0.3, -0.25) is 37.3 Å². The maximum atomic E-state index is 13.1. The zero-order chi connectivity index (χ0) is 73.1. The summed E-state index contributed by atoms with van der Waals surface area (Å²) in [5, 5.41) is 10.6. The van der Waals surface area contributed by atoms with Crippen LogP contribution in [0.15, 0.2) is 0 Å². The largest absolute Gasteiger partial charge is 0.472 e. The summed E-state index contributed by atoms with van der Waals surface area (Å²) in [6, 6.07) is 0. The summed E-state index contributed by atoms with van der Waals surface area (Å²) in [4.78, 5) is 72.9. The first-order valence-corrected chi connectivity index (χ1v) is 44.3. The van der Waals surface area contributed by atoms with Gasteiger partial charge in [-0.15, -0.1) is 0 Å². The smallest absolute Gasteiger partial charge is 0.462 e. The SMILES string of the molecule is CCC(C)CCCCCCCCCCCCCCCCC(=O)O[C@H](COC(=O)CCCCCCCCC(C)CC)COP(=O)(O)OC[C@H](O)COP(=O)(O)OC[C@@H](COC(=O)CCCCCCCCC(C)CC)OC(=O)CCCCCCCCCCCCCCCCCCCCC(C)C. The zero-order valence-corrected chi connectivity index (χ0v) is 66.9.